The molecule has 0 aromatic carbocycles. The minimum Gasteiger partial charge on any atom is -0.209 e. The molecule has 0 spiro atoms. The average molecular weight is 356 g/mol. The Kier molecular flexibility index (Phi) is 4.24. The van der Waals surface area contributed by atoms with Crippen molar-refractivity contribution in [2.45, 2.75) is 28.7 Å². The van der Waals surface area contributed by atoms with Crippen LogP contribution in [-0.4, -0.2) is 25.5 Å². The Balaban J connectivity index is 2.06. The number of hydrogen-bond donors (Lipinski definition) is 1. The summed E-state index contributed by atoms with van der Waals surface area (Å²) in [7, 11) is -3.36. The molecule has 1 aromatic rings. The number of thiophene rings is 1. The fraction of sp³-hybridized carbons (Fsp3) is 0.600. The van der Waals surface area contributed by atoms with Crippen molar-refractivity contribution in [3.05, 3.63) is 15.9 Å². The molecule has 0 bridgehead atoms. The Morgan fingerprint density at radius 1 is 1.59 bits per heavy atom. The molecule has 2 rings (SSSR count). The molecule has 1 aromatic heterocycles. The van der Waals surface area contributed by atoms with Gasteiger partial charge in [-0.1, -0.05) is 0 Å². The van der Waals surface area contributed by atoms with E-state index in [1.54, 1.807) is 11.4 Å². The van der Waals surface area contributed by atoms with Gasteiger partial charge >= 0.3 is 0 Å². The van der Waals surface area contributed by atoms with Gasteiger partial charge in [-0.15, -0.1) is 11.3 Å². The fourth-order valence-electron chi connectivity index (χ4n) is 1.76. The molecule has 1 fully saturated rings. The molecule has 0 radical (unpaired) electrons. The minimum absolute atomic E-state index is 0.0524. The molecule has 1 N–H and O–H groups in total. The predicted molar refractivity (Wildman–Crippen MR) is 77.3 cm³/mol. The maximum Gasteiger partial charge on any atom is 0.251 e. The number of sulfonamides is 1. The Morgan fingerprint density at radius 3 is 2.88 bits per heavy atom. The minimum atomic E-state index is -3.36. The zero-order valence-corrected chi connectivity index (χ0v) is 13.4. The van der Waals surface area contributed by atoms with E-state index in [4.69, 9.17) is 0 Å². The van der Waals surface area contributed by atoms with Crippen LogP contribution in [-0.2, 0) is 10.0 Å². The third-order valence-electron chi connectivity index (χ3n) is 2.77. The Hall–Kier alpha value is 0.440. The predicted octanol–water partition coefficient (Wildman–Crippen LogP) is 3.07. The summed E-state index contributed by atoms with van der Waals surface area (Å²) < 4.78 is 27.9. The molecule has 1 aliphatic heterocycles. The van der Waals surface area contributed by atoms with Crippen LogP contribution >= 0.6 is 39.0 Å². The first-order valence-corrected chi connectivity index (χ1v) is 9.44. The maximum absolute atomic E-state index is 12.1. The number of hydrogen-bond acceptors (Lipinski definition) is 4. The molecule has 0 amide bonds. The van der Waals surface area contributed by atoms with E-state index in [0.29, 0.717) is 15.2 Å². The molecule has 1 unspecified atom stereocenters. The SMILES string of the molecule is CC1(CNS(=O)(=O)c2sccc2Br)CCCS1. The summed E-state index contributed by atoms with van der Waals surface area (Å²) in [5, 5.41) is 1.77. The number of halogens is 1. The van der Waals surface area contributed by atoms with E-state index in [1.165, 1.54) is 17.8 Å². The first-order valence-electron chi connectivity index (χ1n) is 5.30. The highest BCUT2D eigenvalue weighted by molar-refractivity contribution is 9.10. The van der Waals surface area contributed by atoms with Crippen molar-refractivity contribution in [2.24, 2.45) is 0 Å². The van der Waals surface area contributed by atoms with Crippen molar-refractivity contribution >= 4 is 49.1 Å². The summed E-state index contributed by atoms with van der Waals surface area (Å²) in [4.78, 5) is 0. The second-order valence-corrected chi connectivity index (χ2v) is 9.70. The van der Waals surface area contributed by atoms with E-state index >= 15 is 0 Å². The van der Waals surface area contributed by atoms with E-state index in [1.807, 2.05) is 11.8 Å². The van der Waals surface area contributed by atoms with Crippen LogP contribution in [0.5, 0.6) is 0 Å². The highest BCUT2D eigenvalue weighted by atomic mass is 79.9. The molecule has 1 atom stereocenters. The van der Waals surface area contributed by atoms with Crippen LogP contribution in [0.2, 0.25) is 0 Å². The van der Waals surface area contributed by atoms with Gasteiger partial charge < -0.3 is 0 Å². The largest absolute Gasteiger partial charge is 0.251 e. The van der Waals surface area contributed by atoms with Crippen LogP contribution in [0.25, 0.3) is 0 Å². The van der Waals surface area contributed by atoms with Crippen molar-refractivity contribution in [1.29, 1.82) is 0 Å². The third-order valence-corrected chi connectivity index (χ3v) is 8.37. The van der Waals surface area contributed by atoms with Crippen molar-refractivity contribution in [3.63, 3.8) is 0 Å². The van der Waals surface area contributed by atoms with Gasteiger partial charge in [0.1, 0.15) is 4.21 Å². The molecule has 7 heteroatoms. The fourth-order valence-corrected chi connectivity index (χ4v) is 6.65. The lowest BCUT2D eigenvalue weighted by Gasteiger charge is -2.22. The summed E-state index contributed by atoms with van der Waals surface area (Å²) in [6.45, 7) is 2.63. The van der Waals surface area contributed by atoms with Crippen molar-refractivity contribution in [3.8, 4) is 0 Å². The van der Waals surface area contributed by atoms with Crippen LogP contribution < -0.4 is 4.72 Å². The lowest BCUT2D eigenvalue weighted by atomic mass is 10.1. The molecule has 96 valence electrons. The van der Waals surface area contributed by atoms with Crippen LogP contribution in [0, 0.1) is 0 Å². The molecule has 2 heterocycles. The lowest BCUT2D eigenvalue weighted by molar-refractivity contribution is 0.553. The van der Waals surface area contributed by atoms with Crippen molar-refractivity contribution in [2.75, 3.05) is 12.3 Å². The smallest absolute Gasteiger partial charge is 0.209 e. The van der Waals surface area contributed by atoms with Gasteiger partial charge in [0, 0.05) is 15.8 Å². The number of nitrogens with one attached hydrogen (secondary N) is 1. The lowest BCUT2D eigenvalue weighted by Crippen LogP contribution is -2.36. The average Bonchev–Trinajstić information content (AvgIpc) is 2.86. The second-order valence-electron chi connectivity index (χ2n) is 4.28. The zero-order chi connectivity index (χ0) is 12.5. The standard InChI is InChI=1S/C10H14BrNO2S3/c1-10(4-2-5-16-10)7-12-17(13,14)9-8(11)3-6-15-9/h3,6,12H,2,4-5,7H2,1H3. The number of rotatable bonds is 4. The summed E-state index contributed by atoms with van der Waals surface area (Å²) in [5.74, 6) is 1.13. The molecule has 1 aliphatic rings. The van der Waals surface area contributed by atoms with Crippen LogP contribution in [0.3, 0.4) is 0 Å². The zero-order valence-electron chi connectivity index (χ0n) is 9.40. The Bertz CT molecular complexity index is 491. The molecule has 0 aliphatic carbocycles. The van der Waals surface area contributed by atoms with E-state index in [9.17, 15) is 8.42 Å². The molecule has 0 saturated carbocycles. The van der Waals surface area contributed by atoms with Crippen molar-refractivity contribution < 1.29 is 8.42 Å². The molecule has 17 heavy (non-hydrogen) atoms. The van der Waals surface area contributed by atoms with Gasteiger partial charge in [0.2, 0.25) is 0 Å². The first kappa shape index (κ1) is 13.9. The highest BCUT2D eigenvalue weighted by Gasteiger charge is 2.31. The van der Waals surface area contributed by atoms with E-state index in [-0.39, 0.29) is 4.75 Å². The second kappa shape index (κ2) is 5.21. The quantitative estimate of drug-likeness (QED) is 0.902. The van der Waals surface area contributed by atoms with Gasteiger partial charge in [-0.05, 0) is 52.9 Å². The topological polar surface area (TPSA) is 46.2 Å². The molecule has 1 saturated heterocycles. The van der Waals surface area contributed by atoms with Crippen LogP contribution in [0.1, 0.15) is 19.8 Å². The van der Waals surface area contributed by atoms with Gasteiger partial charge in [0.05, 0.1) is 0 Å². The summed E-state index contributed by atoms with van der Waals surface area (Å²) >= 11 is 6.34. The normalized spacial score (nSPS) is 25.3. The summed E-state index contributed by atoms with van der Waals surface area (Å²) in [6.07, 6.45) is 2.25. The molecular formula is C10H14BrNO2S3. The molecule has 3 nitrogen and oxygen atoms in total. The monoisotopic (exact) mass is 355 g/mol. The van der Waals surface area contributed by atoms with E-state index in [0.717, 1.165) is 12.2 Å². The van der Waals surface area contributed by atoms with Gasteiger partial charge in [-0.25, -0.2) is 13.1 Å². The Morgan fingerprint density at radius 2 is 2.35 bits per heavy atom. The van der Waals surface area contributed by atoms with E-state index < -0.39 is 10.0 Å². The third kappa shape index (κ3) is 3.26. The van der Waals surface area contributed by atoms with Crippen LogP contribution in [0.15, 0.2) is 20.1 Å². The van der Waals surface area contributed by atoms with Gasteiger partial charge in [-0.2, -0.15) is 11.8 Å². The first-order chi connectivity index (χ1) is 7.93. The summed E-state index contributed by atoms with van der Waals surface area (Å²) in [5.41, 5.74) is 0. The Labute approximate surface area is 119 Å². The summed E-state index contributed by atoms with van der Waals surface area (Å²) in [6, 6.07) is 1.76. The van der Waals surface area contributed by atoms with Crippen molar-refractivity contribution in [1.82, 2.24) is 4.72 Å². The maximum atomic E-state index is 12.1. The number of thioether (sulfide) groups is 1. The molecular weight excluding hydrogens is 342 g/mol. The highest BCUT2D eigenvalue weighted by Crippen LogP contribution is 2.37. The van der Waals surface area contributed by atoms with Gasteiger partial charge in [-0.3, -0.25) is 0 Å². The van der Waals surface area contributed by atoms with E-state index in [2.05, 4.69) is 27.6 Å². The van der Waals surface area contributed by atoms with Gasteiger partial charge in [0.25, 0.3) is 10.0 Å². The van der Waals surface area contributed by atoms with Gasteiger partial charge in [0.15, 0.2) is 0 Å². The van der Waals surface area contributed by atoms with Crippen LogP contribution in [0.4, 0.5) is 0 Å².